The summed E-state index contributed by atoms with van der Waals surface area (Å²) in [6.45, 7) is 1.23. The van der Waals surface area contributed by atoms with Gasteiger partial charge in [-0.05, 0) is 42.9 Å². The number of carbonyl (C=O) groups is 1. The van der Waals surface area contributed by atoms with Crippen LogP contribution in [0.1, 0.15) is 43.8 Å². The highest BCUT2D eigenvalue weighted by atomic mass is 16.4. The van der Waals surface area contributed by atoms with Gasteiger partial charge in [-0.25, -0.2) is 4.79 Å². The van der Waals surface area contributed by atoms with Gasteiger partial charge in [0.05, 0.1) is 6.10 Å². The Morgan fingerprint density at radius 1 is 1.33 bits per heavy atom. The van der Waals surface area contributed by atoms with Crippen LogP contribution in [-0.2, 0) is 0 Å². The minimum Gasteiger partial charge on any atom is -0.465 e. The highest BCUT2D eigenvalue weighted by Gasteiger charge is 2.14. The van der Waals surface area contributed by atoms with Crippen molar-refractivity contribution in [1.82, 2.24) is 5.32 Å². The van der Waals surface area contributed by atoms with E-state index < -0.39 is 12.2 Å². The van der Waals surface area contributed by atoms with E-state index in [1.165, 1.54) is 25.7 Å². The monoisotopic (exact) mass is 292 g/mol. The summed E-state index contributed by atoms with van der Waals surface area (Å²) >= 11 is 0. The van der Waals surface area contributed by atoms with Gasteiger partial charge in [0.2, 0.25) is 0 Å². The molecule has 1 aliphatic rings. The van der Waals surface area contributed by atoms with Gasteiger partial charge in [-0.3, -0.25) is 0 Å². The lowest BCUT2D eigenvalue weighted by Crippen LogP contribution is -2.23. The fourth-order valence-electron chi connectivity index (χ4n) is 2.82. The van der Waals surface area contributed by atoms with E-state index in [0.717, 1.165) is 23.7 Å². The fourth-order valence-corrected chi connectivity index (χ4v) is 2.82. The molecule has 1 atom stereocenters. The molecule has 0 heterocycles. The molecule has 0 bridgehead atoms. The number of nitrogens with one attached hydrogen (secondary N) is 2. The summed E-state index contributed by atoms with van der Waals surface area (Å²) in [5, 5.41) is 24.3. The van der Waals surface area contributed by atoms with Crippen LogP contribution < -0.4 is 10.6 Å². The number of amides is 1. The summed E-state index contributed by atoms with van der Waals surface area (Å²) in [5.74, 6) is 0.762. The Hall–Kier alpha value is -1.75. The average Bonchev–Trinajstić information content (AvgIpc) is 2.98. The molecule has 1 aromatic rings. The van der Waals surface area contributed by atoms with Crippen molar-refractivity contribution in [3.63, 3.8) is 0 Å². The summed E-state index contributed by atoms with van der Waals surface area (Å²) < 4.78 is 0. The average molecular weight is 292 g/mol. The summed E-state index contributed by atoms with van der Waals surface area (Å²) in [6.07, 6.45) is 3.94. The van der Waals surface area contributed by atoms with Gasteiger partial charge >= 0.3 is 6.09 Å². The van der Waals surface area contributed by atoms with E-state index in [9.17, 15) is 9.90 Å². The Morgan fingerprint density at radius 2 is 2.10 bits per heavy atom. The second-order valence-corrected chi connectivity index (χ2v) is 5.69. The lowest BCUT2D eigenvalue weighted by Gasteiger charge is -2.15. The number of aliphatic hydroxyl groups is 1. The van der Waals surface area contributed by atoms with Crippen LogP contribution in [0.25, 0.3) is 0 Å². The van der Waals surface area contributed by atoms with Gasteiger partial charge in [-0.1, -0.05) is 25.0 Å². The normalized spacial score (nSPS) is 16.6. The zero-order chi connectivity index (χ0) is 15.1. The molecule has 1 saturated carbocycles. The zero-order valence-corrected chi connectivity index (χ0v) is 12.2. The Morgan fingerprint density at radius 3 is 2.81 bits per heavy atom. The first-order chi connectivity index (χ1) is 10.1. The molecule has 4 N–H and O–H groups in total. The number of anilines is 1. The molecular formula is C16H24N2O3. The molecule has 0 aromatic heterocycles. The van der Waals surface area contributed by atoms with Crippen LogP contribution in [0.4, 0.5) is 10.5 Å². The lowest BCUT2D eigenvalue weighted by atomic mass is 10.1. The van der Waals surface area contributed by atoms with E-state index in [2.05, 4.69) is 10.6 Å². The minimum absolute atomic E-state index is 0.246. The molecule has 1 fully saturated rings. The van der Waals surface area contributed by atoms with Crippen molar-refractivity contribution in [2.24, 2.45) is 5.92 Å². The molecule has 0 radical (unpaired) electrons. The third-order valence-electron chi connectivity index (χ3n) is 4.04. The summed E-state index contributed by atoms with van der Waals surface area (Å²) in [4.78, 5) is 10.4. The third kappa shape index (κ3) is 5.27. The van der Waals surface area contributed by atoms with Crippen molar-refractivity contribution in [3.8, 4) is 0 Å². The highest BCUT2D eigenvalue weighted by Crippen LogP contribution is 2.26. The van der Waals surface area contributed by atoms with Gasteiger partial charge < -0.3 is 20.8 Å². The zero-order valence-electron chi connectivity index (χ0n) is 12.2. The Bertz CT molecular complexity index is 459. The number of hydrogen-bond donors (Lipinski definition) is 4. The maximum absolute atomic E-state index is 10.4. The van der Waals surface area contributed by atoms with Gasteiger partial charge in [0.15, 0.2) is 0 Å². The van der Waals surface area contributed by atoms with E-state index in [-0.39, 0.29) is 6.54 Å². The Labute approximate surface area is 125 Å². The number of aliphatic hydroxyl groups excluding tert-OH is 1. The van der Waals surface area contributed by atoms with Crippen LogP contribution in [0.5, 0.6) is 0 Å². The Kier molecular flexibility index (Phi) is 5.87. The maximum atomic E-state index is 10.4. The summed E-state index contributed by atoms with van der Waals surface area (Å²) in [6, 6.07) is 7.73. The predicted molar refractivity (Wildman–Crippen MR) is 82.5 cm³/mol. The van der Waals surface area contributed by atoms with Crippen LogP contribution in [0.2, 0.25) is 0 Å². The van der Waals surface area contributed by atoms with Crippen LogP contribution in [0, 0.1) is 5.92 Å². The van der Waals surface area contributed by atoms with E-state index in [0.29, 0.717) is 6.42 Å². The molecule has 1 amide bonds. The summed E-state index contributed by atoms with van der Waals surface area (Å²) in [7, 11) is 0. The van der Waals surface area contributed by atoms with Crippen molar-refractivity contribution >= 4 is 11.8 Å². The second kappa shape index (κ2) is 7.88. The van der Waals surface area contributed by atoms with Gasteiger partial charge in [0.1, 0.15) is 0 Å². The van der Waals surface area contributed by atoms with Gasteiger partial charge in [-0.2, -0.15) is 0 Å². The first-order valence-corrected chi connectivity index (χ1v) is 7.64. The molecule has 2 rings (SSSR count). The molecule has 0 saturated heterocycles. The number of carboxylic acid groups (broad SMARTS) is 1. The van der Waals surface area contributed by atoms with E-state index in [1.807, 2.05) is 24.3 Å². The van der Waals surface area contributed by atoms with Gasteiger partial charge in [0, 0.05) is 18.8 Å². The molecule has 5 nitrogen and oxygen atoms in total. The van der Waals surface area contributed by atoms with E-state index in [4.69, 9.17) is 5.11 Å². The molecule has 1 aliphatic carbocycles. The number of hydrogen-bond acceptors (Lipinski definition) is 3. The van der Waals surface area contributed by atoms with Gasteiger partial charge in [-0.15, -0.1) is 0 Å². The van der Waals surface area contributed by atoms with Crippen LogP contribution in [0.15, 0.2) is 24.3 Å². The second-order valence-electron chi connectivity index (χ2n) is 5.69. The third-order valence-corrected chi connectivity index (χ3v) is 4.04. The topological polar surface area (TPSA) is 81.6 Å². The van der Waals surface area contributed by atoms with E-state index in [1.54, 1.807) is 0 Å². The quantitative estimate of drug-likeness (QED) is 0.623. The van der Waals surface area contributed by atoms with Crippen LogP contribution in [-0.4, -0.2) is 29.4 Å². The Balaban J connectivity index is 1.82. The highest BCUT2D eigenvalue weighted by molar-refractivity contribution is 5.64. The van der Waals surface area contributed by atoms with Gasteiger partial charge in [0.25, 0.3) is 0 Å². The SMILES string of the molecule is O=C(O)NCCC(O)c1cccc(NCC2CCCC2)c1. The van der Waals surface area contributed by atoms with Crippen molar-refractivity contribution in [3.05, 3.63) is 29.8 Å². The van der Waals surface area contributed by atoms with Crippen molar-refractivity contribution in [1.29, 1.82) is 0 Å². The minimum atomic E-state index is -1.06. The first kappa shape index (κ1) is 15.6. The molecule has 0 aliphatic heterocycles. The molecule has 21 heavy (non-hydrogen) atoms. The first-order valence-electron chi connectivity index (χ1n) is 7.64. The molecule has 0 spiro atoms. The molecule has 1 unspecified atom stereocenters. The van der Waals surface area contributed by atoms with Crippen molar-refractivity contribution in [2.75, 3.05) is 18.4 Å². The smallest absolute Gasteiger partial charge is 0.404 e. The lowest BCUT2D eigenvalue weighted by molar-refractivity contribution is 0.162. The largest absolute Gasteiger partial charge is 0.465 e. The number of benzene rings is 1. The predicted octanol–water partition coefficient (Wildman–Crippen LogP) is 2.98. The van der Waals surface area contributed by atoms with Crippen molar-refractivity contribution in [2.45, 2.75) is 38.2 Å². The number of rotatable bonds is 7. The molecule has 116 valence electrons. The molecule has 5 heteroatoms. The van der Waals surface area contributed by atoms with Crippen molar-refractivity contribution < 1.29 is 15.0 Å². The van der Waals surface area contributed by atoms with E-state index >= 15 is 0 Å². The van der Waals surface area contributed by atoms with Crippen LogP contribution >= 0.6 is 0 Å². The fraction of sp³-hybridized carbons (Fsp3) is 0.562. The summed E-state index contributed by atoms with van der Waals surface area (Å²) in [5.41, 5.74) is 1.84. The molecular weight excluding hydrogens is 268 g/mol. The standard InChI is InChI=1S/C16H24N2O3/c19-15(8-9-17-16(20)21)13-6-3-7-14(10-13)18-11-12-4-1-2-5-12/h3,6-7,10,12,15,17-19H,1-2,4-5,8-9,11H2,(H,20,21). The maximum Gasteiger partial charge on any atom is 0.404 e. The van der Waals surface area contributed by atoms with Crippen LogP contribution in [0.3, 0.4) is 0 Å². The molecule has 1 aromatic carbocycles.